The lowest BCUT2D eigenvalue weighted by atomic mass is 10.1. The fourth-order valence-corrected chi connectivity index (χ4v) is 1.50. The Morgan fingerprint density at radius 3 is 2.80 bits per heavy atom. The maximum atomic E-state index is 13.1. The van der Waals surface area contributed by atoms with Gasteiger partial charge in [-0.1, -0.05) is 0 Å². The summed E-state index contributed by atoms with van der Waals surface area (Å²) >= 11 is 0. The first-order chi connectivity index (χ1) is 7.11. The highest BCUT2D eigenvalue weighted by Crippen LogP contribution is 2.34. The van der Waals surface area contributed by atoms with Crippen molar-refractivity contribution < 1.29 is 4.39 Å². The summed E-state index contributed by atoms with van der Waals surface area (Å²) in [7, 11) is 0. The largest absolute Gasteiger partial charge is 0.307 e. The molecule has 0 saturated heterocycles. The molecule has 2 rings (SSSR count). The van der Waals surface area contributed by atoms with Crippen LogP contribution in [0.4, 0.5) is 4.39 Å². The zero-order chi connectivity index (χ0) is 10.9. The number of benzene rings is 1. The first kappa shape index (κ1) is 10.1. The smallest absolute Gasteiger partial charge is 0.124 e. The average molecular weight is 204 g/mol. The van der Waals surface area contributed by atoms with Gasteiger partial charge in [-0.15, -0.1) is 0 Å². The Bertz CT molecular complexity index is 416. The van der Waals surface area contributed by atoms with Crippen LogP contribution in [0.3, 0.4) is 0 Å². The standard InChI is InChI=1S/C12H13FN2/c1-12(2-3-12)15-8-10-4-9(7-14)5-11(13)6-10/h4-6,15H,2-3,8H2,1H3. The van der Waals surface area contributed by atoms with Crippen molar-refractivity contribution in [3.8, 4) is 6.07 Å². The average Bonchev–Trinajstić information content (AvgIpc) is 2.94. The van der Waals surface area contributed by atoms with Crippen molar-refractivity contribution in [3.63, 3.8) is 0 Å². The van der Waals surface area contributed by atoms with Crippen LogP contribution in [0.2, 0.25) is 0 Å². The van der Waals surface area contributed by atoms with Crippen molar-refractivity contribution in [2.75, 3.05) is 0 Å². The Labute approximate surface area is 88.7 Å². The van der Waals surface area contributed by atoms with Crippen molar-refractivity contribution in [1.29, 1.82) is 5.26 Å². The Morgan fingerprint density at radius 1 is 1.47 bits per heavy atom. The monoisotopic (exact) mass is 204 g/mol. The number of hydrogen-bond donors (Lipinski definition) is 1. The third-order valence-electron chi connectivity index (χ3n) is 2.81. The molecule has 15 heavy (non-hydrogen) atoms. The van der Waals surface area contributed by atoms with Crippen LogP contribution in [0.25, 0.3) is 0 Å². The van der Waals surface area contributed by atoms with Crippen molar-refractivity contribution >= 4 is 0 Å². The fourth-order valence-electron chi connectivity index (χ4n) is 1.50. The van der Waals surface area contributed by atoms with E-state index in [0.717, 1.165) is 5.56 Å². The molecule has 0 radical (unpaired) electrons. The summed E-state index contributed by atoms with van der Waals surface area (Å²) in [4.78, 5) is 0. The minimum absolute atomic E-state index is 0.235. The summed E-state index contributed by atoms with van der Waals surface area (Å²) in [5.74, 6) is -0.341. The zero-order valence-corrected chi connectivity index (χ0v) is 8.68. The molecule has 1 N–H and O–H groups in total. The van der Waals surface area contributed by atoms with Crippen LogP contribution >= 0.6 is 0 Å². The van der Waals surface area contributed by atoms with Gasteiger partial charge >= 0.3 is 0 Å². The van der Waals surface area contributed by atoms with Crippen LogP contribution in [0.15, 0.2) is 18.2 Å². The molecule has 0 unspecified atom stereocenters. The normalized spacial score (nSPS) is 17.1. The predicted molar refractivity (Wildman–Crippen MR) is 55.6 cm³/mol. The topological polar surface area (TPSA) is 35.8 Å². The minimum atomic E-state index is -0.341. The molecular weight excluding hydrogens is 191 g/mol. The van der Waals surface area contributed by atoms with Crippen LogP contribution in [-0.4, -0.2) is 5.54 Å². The Morgan fingerprint density at radius 2 is 2.20 bits per heavy atom. The second-order valence-electron chi connectivity index (χ2n) is 4.37. The highest BCUT2D eigenvalue weighted by atomic mass is 19.1. The van der Waals surface area contributed by atoms with Gasteiger partial charge in [0.25, 0.3) is 0 Å². The molecule has 0 heterocycles. The molecule has 1 fully saturated rings. The van der Waals surface area contributed by atoms with E-state index in [0.29, 0.717) is 12.1 Å². The lowest BCUT2D eigenvalue weighted by Gasteiger charge is -2.11. The maximum Gasteiger partial charge on any atom is 0.124 e. The van der Waals surface area contributed by atoms with E-state index in [4.69, 9.17) is 5.26 Å². The predicted octanol–water partition coefficient (Wildman–Crippen LogP) is 2.34. The van der Waals surface area contributed by atoms with Gasteiger partial charge in [0, 0.05) is 12.1 Å². The molecule has 1 aliphatic carbocycles. The molecule has 0 aliphatic heterocycles. The van der Waals surface area contributed by atoms with Gasteiger partial charge in [-0.2, -0.15) is 5.26 Å². The third-order valence-corrected chi connectivity index (χ3v) is 2.81. The van der Waals surface area contributed by atoms with Gasteiger partial charge in [0.2, 0.25) is 0 Å². The van der Waals surface area contributed by atoms with Gasteiger partial charge in [-0.25, -0.2) is 4.39 Å². The maximum absolute atomic E-state index is 13.1. The van der Waals surface area contributed by atoms with Gasteiger partial charge in [0.1, 0.15) is 5.82 Å². The van der Waals surface area contributed by atoms with Crippen LogP contribution in [0, 0.1) is 17.1 Å². The number of halogens is 1. The zero-order valence-electron chi connectivity index (χ0n) is 8.68. The van der Waals surface area contributed by atoms with Crippen LogP contribution in [-0.2, 0) is 6.54 Å². The summed E-state index contributed by atoms with van der Waals surface area (Å²) in [6.45, 7) is 2.78. The third kappa shape index (κ3) is 2.54. The molecule has 78 valence electrons. The molecule has 2 nitrogen and oxygen atoms in total. The number of rotatable bonds is 3. The summed E-state index contributed by atoms with van der Waals surface area (Å²) in [5.41, 5.74) is 1.45. The first-order valence-electron chi connectivity index (χ1n) is 5.06. The molecule has 1 saturated carbocycles. The van der Waals surface area contributed by atoms with E-state index >= 15 is 0 Å². The van der Waals surface area contributed by atoms with E-state index in [-0.39, 0.29) is 11.4 Å². The second-order valence-corrected chi connectivity index (χ2v) is 4.37. The fraction of sp³-hybridized carbons (Fsp3) is 0.417. The van der Waals surface area contributed by atoms with Crippen LogP contribution in [0.5, 0.6) is 0 Å². The summed E-state index contributed by atoms with van der Waals surface area (Å²) in [6.07, 6.45) is 2.35. The first-order valence-corrected chi connectivity index (χ1v) is 5.06. The molecule has 1 aromatic carbocycles. The van der Waals surface area contributed by atoms with Crippen molar-refractivity contribution in [2.45, 2.75) is 31.8 Å². The molecule has 1 aliphatic rings. The van der Waals surface area contributed by atoms with E-state index < -0.39 is 0 Å². The van der Waals surface area contributed by atoms with Gasteiger partial charge in [0.15, 0.2) is 0 Å². The van der Waals surface area contributed by atoms with Crippen molar-refractivity contribution in [1.82, 2.24) is 5.32 Å². The van der Waals surface area contributed by atoms with Crippen molar-refractivity contribution in [3.05, 3.63) is 35.1 Å². The van der Waals surface area contributed by atoms with Crippen LogP contribution < -0.4 is 5.32 Å². The lowest BCUT2D eigenvalue weighted by molar-refractivity contribution is 0.535. The van der Waals surface area contributed by atoms with Gasteiger partial charge in [-0.05, 0) is 43.5 Å². The molecule has 3 heteroatoms. The molecule has 1 aromatic rings. The van der Waals surface area contributed by atoms with Gasteiger partial charge in [0.05, 0.1) is 11.6 Å². The summed E-state index contributed by atoms with van der Waals surface area (Å²) < 4.78 is 13.1. The van der Waals surface area contributed by atoms with E-state index in [2.05, 4.69) is 12.2 Å². The molecule has 0 atom stereocenters. The number of hydrogen-bond acceptors (Lipinski definition) is 2. The van der Waals surface area contributed by atoms with E-state index in [1.54, 1.807) is 6.07 Å². The SMILES string of the molecule is CC1(NCc2cc(F)cc(C#N)c2)CC1. The highest BCUT2D eigenvalue weighted by molar-refractivity contribution is 5.33. The van der Waals surface area contributed by atoms with E-state index in [1.165, 1.54) is 25.0 Å². The molecule has 0 amide bonds. The van der Waals surface area contributed by atoms with E-state index in [1.807, 2.05) is 6.07 Å². The van der Waals surface area contributed by atoms with E-state index in [9.17, 15) is 4.39 Å². The Balaban J connectivity index is 2.07. The lowest BCUT2D eigenvalue weighted by Crippen LogP contribution is -2.27. The van der Waals surface area contributed by atoms with Gasteiger partial charge < -0.3 is 5.32 Å². The molecule has 0 bridgehead atoms. The second kappa shape index (κ2) is 3.63. The van der Waals surface area contributed by atoms with Crippen LogP contribution in [0.1, 0.15) is 30.9 Å². The quantitative estimate of drug-likeness (QED) is 0.820. The molecule has 0 aromatic heterocycles. The number of nitrogens with one attached hydrogen (secondary N) is 1. The van der Waals surface area contributed by atoms with Crippen molar-refractivity contribution in [2.24, 2.45) is 0 Å². The molecular formula is C12H13FN2. The van der Waals surface area contributed by atoms with Gasteiger partial charge in [-0.3, -0.25) is 0 Å². The summed E-state index contributed by atoms with van der Waals surface area (Å²) in [5, 5.41) is 12.0. The number of nitriles is 1. The minimum Gasteiger partial charge on any atom is -0.307 e. The highest BCUT2D eigenvalue weighted by Gasteiger charge is 2.36. The Kier molecular flexibility index (Phi) is 2.45. The Hall–Kier alpha value is -1.40. The number of nitrogens with zero attached hydrogens (tertiary/aromatic N) is 1. The summed E-state index contributed by atoms with van der Waals surface area (Å²) in [6, 6.07) is 6.40. The molecule has 0 spiro atoms.